The molecule has 0 spiro atoms. The average Bonchev–Trinajstić information content (AvgIpc) is 2.65. The van der Waals surface area contributed by atoms with Gasteiger partial charge in [0.2, 0.25) is 0 Å². The molecule has 11 heteroatoms. The molecule has 0 heterocycles. The van der Waals surface area contributed by atoms with Crippen molar-refractivity contribution >= 4 is 37.3 Å². The van der Waals surface area contributed by atoms with Gasteiger partial charge in [0.1, 0.15) is 0 Å². The first-order valence-corrected chi connectivity index (χ1v) is 12.7. The highest BCUT2D eigenvalue weighted by molar-refractivity contribution is 7.86. The molecule has 0 aliphatic heterocycles. The van der Waals surface area contributed by atoms with Crippen LogP contribution in [0, 0.1) is 6.92 Å². The van der Waals surface area contributed by atoms with Gasteiger partial charge in [0.25, 0.3) is 20.2 Å². The normalized spacial score (nSPS) is 12.4. The molecule has 2 aromatic rings. The monoisotopic (exact) mass is 455 g/mol. The SMILES string of the molecule is Cc1cc(N(CCOS(C)(=O)=O)CCOS(C)(=O)=O)ccc1N=Nc1ccccc1. The number of rotatable bonds is 11. The van der Waals surface area contributed by atoms with E-state index in [9.17, 15) is 16.8 Å². The zero-order chi connectivity index (χ0) is 22.2. The molecule has 2 aromatic carbocycles. The van der Waals surface area contributed by atoms with Gasteiger partial charge in [0.05, 0.1) is 37.1 Å². The summed E-state index contributed by atoms with van der Waals surface area (Å²) >= 11 is 0. The van der Waals surface area contributed by atoms with Crippen molar-refractivity contribution in [2.24, 2.45) is 10.2 Å². The lowest BCUT2D eigenvalue weighted by molar-refractivity contribution is 0.309. The number of anilines is 1. The van der Waals surface area contributed by atoms with Crippen LogP contribution in [0.3, 0.4) is 0 Å². The molecule has 0 aromatic heterocycles. The van der Waals surface area contributed by atoms with Gasteiger partial charge in [0, 0.05) is 18.8 Å². The van der Waals surface area contributed by atoms with Crippen LogP contribution in [0.2, 0.25) is 0 Å². The van der Waals surface area contributed by atoms with Crippen LogP contribution in [0.4, 0.5) is 17.1 Å². The Morgan fingerprint density at radius 2 is 1.40 bits per heavy atom. The third kappa shape index (κ3) is 8.99. The molecular formula is C19H25N3O6S2. The van der Waals surface area contributed by atoms with E-state index in [1.54, 1.807) is 17.0 Å². The van der Waals surface area contributed by atoms with Crippen molar-refractivity contribution in [3.05, 3.63) is 54.1 Å². The quantitative estimate of drug-likeness (QED) is 0.377. The molecule has 0 amide bonds. The summed E-state index contributed by atoms with van der Waals surface area (Å²) in [5.41, 5.74) is 3.02. The molecule has 30 heavy (non-hydrogen) atoms. The molecule has 0 N–H and O–H groups in total. The molecule has 0 saturated heterocycles. The second-order valence-corrected chi connectivity index (χ2v) is 9.83. The van der Waals surface area contributed by atoms with Gasteiger partial charge in [-0.25, -0.2) is 0 Å². The van der Waals surface area contributed by atoms with Gasteiger partial charge in [-0.15, -0.1) is 0 Å². The standard InChI is InChI=1S/C19H25N3O6S2/c1-16-15-18(9-10-19(16)21-20-17-7-5-4-6-8-17)22(11-13-27-29(2,23)24)12-14-28-30(3,25)26/h4-10,15H,11-14H2,1-3H3. The van der Waals surface area contributed by atoms with Crippen molar-refractivity contribution in [2.75, 3.05) is 43.7 Å². The highest BCUT2D eigenvalue weighted by Crippen LogP contribution is 2.26. The van der Waals surface area contributed by atoms with Crippen molar-refractivity contribution < 1.29 is 25.2 Å². The van der Waals surface area contributed by atoms with Gasteiger partial charge >= 0.3 is 0 Å². The third-order valence-electron chi connectivity index (χ3n) is 3.89. The molecule has 2 rings (SSSR count). The van der Waals surface area contributed by atoms with Gasteiger partial charge in [-0.1, -0.05) is 18.2 Å². The van der Waals surface area contributed by atoms with Crippen LogP contribution in [0.25, 0.3) is 0 Å². The maximum atomic E-state index is 11.2. The largest absolute Gasteiger partial charge is 0.367 e. The highest BCUT2D eigenvalue weighted by atomic mass is 32.2. The minimum absolute atomic E-state index is 0.0772. The Morgan fingerprint density at radius 3 is 1.90 bits per heavy atom. The van der Waals surface area contributed by atoms with E-state index in [2.05, 4.69) is 10.2 Å². The van der Waals surface area contributed by atoms with Crippen molar-refractivity contribution in [1.82, 2.24) is 0 Å². The molecule has 0 aliphatic rings. The Kier molecular flexibility index (Phi) is 8.47. The van der Waals surface area contributed by atoms with Crippen LogP contribution < -0.4 is 4.90 Å². The summed E-state index contributed by atoms with van der Waals surface area (Å²) < 4.78 is 54.5. The Morgan fingerprint density at radius 1 is 0.833 bits per heavy atom. The van der Waals surface area contributed by atoms with Gasteiger partial charge < -0.3 is 4.90 Å². The summed E-state index contributed by atoms with van der Waals surface area (Å²) in [6, 6.07) is 14.8. The van der Waals surface area contributed by atoms with Crippen molar-refractivity contribution in [3.63, 3.8) is 0 Å². The average molecular weight is 456 g/mol. The zero-order valence-electron chi connectivity index (χ0n) is 17.1. The second kappa shape index (κ2) is 10.6. The summed E-state index contributed by atoms with van der Waals surface area (Å²) in [5.74, 6) is 0. The minimum atomic E-state index is -3.58. The lowest BCUT2D eigenvalue weighted by atomic mass is 10.1. The van der Waals surface area contributed by atoms with Crippen molar-refractivity contribution in [2.45, 2.75) is 6.92 Å². The topological polar surface area (TPSA) is 115 Å². The Hall–Kier alpha value is -2.34. The summed E-state index contributed by atoms with van der Waals surface area (Å²) in [7, 11) is -7.15. The second-order valence-electron chi connectivity index (χ2n) is 6.55. The van der Waals surface area contributed by atoms with Crippen LogP contribution >= 0.6 is 0 Å². The van der Waals surface area contributed by atoms with Crippen molar-refractivity contribution in [1.29, 1.82) is 0 Å². The molecule has 164 valence electrons. The molecule has 0 atom stereocenters. The van der Waals surface area contributed by atoms with Crippen LogP contribution in [0.15, 0.2) is 58.8 Å². The van der Waals surface area contributed by atoms with Crippen LogP contribution in [-0.4, -0.2) is 55.7 Å². The summed E-state index contributed by atoms with van der Waals surface area (Å²) in [6.07, 6.45) is 1.95. The first-order chi connectivity index (χ1) is 14.0. The fourth-order valence-corrected chi connectivity index (χ4v) is 3.28. The Bertz CT molecular complexity index is 1030. The summed E-state index contributed by atoms with van der Waals surface area (Å²) in [6.45, 7) is 2.18. The van der Waals surface area contributed by atoms with Gasteiger partial charge in [0.15, 0.2) is 0 Å². The maximum Gasteiger partial charge on any atom is 0.264 e. The first-order valence-electron chi connectivity index (χ1n) is 9.05. The molecule has 0 unspecified atom stereocenters. The van der Waals surface area contributed by atoms with E-state index in [-0.39, 0.29) is 26.3 Å². The fraction of sp³-hybridized carbons (Fsp3) is 0.368. The predicted octanol–water partition coefficient (Wildman–Crippen LogP) is 3.17. The Balaban J connectivity index is 2.14. The number of azo groups is 1. The lowest BCUT2D eigenvalue weighted by Gasteiger charge is -2.25. The molecule has 0 bridgehead atoms. The van der Waals surface area contributed by atoms with E-state index in [4.69, 9.17) is 8.37 Å². The molecular weight excluding hydrogens is 430 g/mol. The van der Waals surface area contributed by atoms with Crippen LogP contribution in [0.5, 0.6) is 0 Å². The third-order valence-corrected chi connectivity index (χ3v) is 5.08. The molecule has 0 aliphatic carbocycles. The number of nitrogens with zero attached hydrogens (tertiary/aromatic N) is 3. The van der Waals surface area contributed by atoms with Crippen molar-refractivity contribution in [3.8, 4) is 0 Å². The number of benzene rings is 2. The van der Waals surface area contributed by atoms with E-state index in [0.29, 0.717) is 5.69 Å². The maximum absolute atomic E-state index is 11.2. The number of hydrogen-bond donors (Lipinski definition) is 0. The van der Waals surface area contributed by atoms with Gasteiger partial charge in [-0.3, -0.25) is 8.37 Å². The van der Waals surface area contributed by atoms with Gasteiger partial charge in [-0.05, 0) is 42.8 Å². The lowest BCUT2D eigenvalue weighted by Crippen LogP contribution is -2.32. The summed E-state index contributed by atoms with van der Waals surface area (Å²) in [5, 5.41) is 8.47. The number of aryl methyl sites for hydroxylation is 1. The van der Waals surface area contributed by atoms with E-state index in [1.807, 2.05) is 43.3 Å². The molecule has 0 radical (unpaired) electrons. The fourth-order valence-electron chi connectivity index (χ4n) is 2.52. The molecule has 9 nitrogen and oxygen atoms in total. The van der Waals surface area contributed by atoms with E-state index in [0.717, 1.165) is 29.4 Å². The zero-order valence-corrected chi connectivity index (χ0v) is 18.7. The van der Waals surface area contributed by atoms with E-state index in [1.165, 1.54) is 0 Å². The minimum Gasteiger partial charge on any atom is -0.367 e. The molecule has 0 fully saturated rings. The highest BCUT2D eigenvalue weighted by Gasteiger charge is 2.12. The van der Waals surface area contributed by atoms with E-state index < -0.39 is 20.2 Å². The smallest absolute Gasteiger partial charge is 0.264 e. The number of hydrogen-bond acceptors (Lipinski definition) is 9. The van der Waals surface area contributed by atoms with Gasteiger partial charge in [-0.2, -0.15) is 27.1 Å². The first kappa shape index (κ1) is 23.9. The van der Waals surface area contributed by atoms with Crippen LogP contribution in [0.1, 0.15) is 5.56 Å². The molecule has 0 saturated carbocycles. The summed E-state index contributed by atoms with van der Waals surface area (Å²) in [4.78, 5) is 1.78. The predicted molar refractivity (Wildman–Crippen MR) is 116 cm³/mol. The Labute approximate surface area is 177 Å². The van der Waals surface area contributed by atoms with E-state index >= 15 is 0 Å². The van der Waals surface area contributed by atoms with Crippen LogP contribution in [-0.2, 0) is 28.6 Å².